The number of rotatable bonds is 6. The molecule has 1 aromatic rings. The number of benzene rings is 1. The predicted molar refractivity (Wildman–Crippen MR) is 90.6 cm³/mol. The molecule has 2 saturated heterocycles. The number of alkyl halides is 2. The lowest BCUT2D eigenvalue weighted by molar-refractivity contribution is -0.0512. The average molecular weight is 370 g/mol. The number of carbonyl (C=O) groups is 1. The molecule has 2 amide bonds. The zero-order chi connectivity index (χ0) is 18.5. The molecule has 144 valence electrons. The Morgan fingerprint density at radius 2 is 2.19 bits per heavy atom. The maximum absolute atomic E-state index is 12.6. The second-order valence-corrected chi connectivity index (χ2v) is 6.48. The molecular weight excluding hydrogens is 346 g/mol. The number of urea groups is 1. The summed E-state index contributed by atoms with van der Waals surface area (Å²) in [6, 6.07) is 4.66. The highest BCUT2D eigenvalue weighted by Gasteiger charge is 2.36. The van der Waals surface area contributed by atoms with Gasteiger partial charge in [-0.05, 0) is 43.4 Å². The van der Waals surface area contributed by atoms with Gasteiger partial charge in [-0.25, -0.2) is 4.79 Å². The van der Waals surface area contributed by atoms with Crippen LogP contribution in [0.3, 0.4) is 0 Å². The Morgan fingerprint density at radius 1 is 1.35 bits per heavy atom. The molecule has 1 aromatic carbocycles. The summed E-state index contributed by atoms with van der Waals surface area (Å²) < 4.78 is 40.2. The summed E-state index contributed by atoms with van der Waals surface area (Å²) in [6.45, 7) is -1.25. The molecule has 2 atom stereocenters. The minimum atomic E-state index is -2.94. The van der Waals surface area contributed by atoms with Crippen LogP contribution in [-0.4, -0.2) is 49.9 Å². The number of amides is 2. The molecule has 2 heterocycles. The number of likely N-dealkylation sites (tertiary alicyclic amines) is 1. The fourth-order valence-corrected chi connectivity index (χ4v) is 3.64. The number of hydrogen-bond acceptors (Lipinski definition) is 4. The molecule has 0 bridgehead atoms. The Balaban J connectivity index is 1.60. The van der Waals surface area contributed by atoms with Gasteiger partial charge in [0.1, 0.15) is 0 Å². The summed E-state index contributed by atoms with van der Waals surface area (Å²) in [6.07, 6.45) is 4.06. The van der Waals surface area contributed by atoms with Crippen LogP contribution in [0.15, 0.2) is 18.2 Å². The van der Waals surface area contributed by atoms with E-state index < -0.39 is 6.61 Å². The topological polar surface area (TPSA) is 60.0 Å². The Labute approximate surface area is 151 Å². The van der Waals surface area contributed by atoms with Crippen LogP contribution in [0.5, 0.6) is 11.5 Å². The summed E-state index contributed by atoms with van der Waals surface area (Å²) >= 11 is 0. The lowest BCUT2D eigenvalue weighted by Gasteiger charge is -2.29. The van der Waals surface area contributed by atoms with Crippen LogP contribution in [0.25, 0.3) is 0 Å². The normalized spacial score (nSPS) is 22.7. The van der Waals surface area contributed by atoms with Crippen molar-refractivity contribution in [3.05, 3.63) is 23.8 Å². The third-order valence-corrected chi connectivity index (χ3v) is 4.84. The monoisotopic (exact) mass is 370 g/mol. The first kappa shape index (κ1) is 18.7. The van der Waals surface area contributed by atoms with Crippen molar-refractivity contribution in [3.63, 3.8) is 0 Å². The smallest absolute Gasteiger partial charge is 0.387 e. The minimum absolute atomic E-state index is 0.0485. The Bertz CT molecular complexity index is 623. The number of halogens is 2. The summed E-state index contributed by atoms with van der Waals surface area (Å²) in [5.74, 6) is 0.172. The van der Waals surface area contributed by atoms with Gasteiger partial charge >= 0.3 is 12.6 Å². The van der Waals surface area contributed by atoms with Gasteiger partial charge in [-0.15, -0.1) is 0 Å². The molecule has 2 aliphatic heterocycles. The van der Waals surface area contributed by atoms with Crippen molar-refractivity contribution < 1.29 is 27.8 Å². The maximum atomic E-state index is 12.6. The van der Waals surface area contributed by atoms with Gasteiger partial charge in [0.25, 0.3) is 0 Å². The standard InChI is InChI=1S/C18H24F2N2O4/c1-24-15-7-6-12(10-16(15)26-17(19)20)11-21-18(23)22-8-2-4-13(22)14-5-3-9-25-14/h6-7,10,13-14,17H,2-5,8-9,11H2,1H3,(H,21,23). The fraction of sp³-hybridized carbons (Fsp3) is 0.611. The van der Waals surface area contributed by atoms with Crippen molar-refractivity contribution in [2.75, 3.05) is 20.3 Å². The summed E-state index contributed by atoms with van der Waals surface area (Å²) in [5.41, 5.74) is 0.655. The molecular formula is C18H24F2N2O4. The van der Waals surface area contributed by atoms with Crippen LogP contribution in [-0.2, 0) is 11.3 Å². The molecule has 2 unspecified atom stereocenters. The maximum Gasteiger partial charge on any atom is 0.387 e. The van der Waals surface area contributed by atoms with Gasteiger partial charge in [-0.2, -0.15) is 8.78 Å². The van der Waals surface area contributed by atoms with Gasteiger partial charge in [0, 0.05) is 19.7 Å². The van der Waals surface area contributed by atoms with Crippen molar-refractivity contribution in [1.82, 2.24) is 10.2 Å². The molecule has 3 rings (SSSR count). The zero-order valence-corrected chi connectivity index (χ0v) is 14.7. The van der Waals surface area contributed by atoms with E-state index in [-0.39, 0.29) is 36.2 Å². The first-order chi connectivity index (χ1) is 12.6. The SMILES string of the molecule is COc1ccc(CNC(=O)N2CCCC2C2CCCO2)cc1OC(F)F. The molecule has 0 aromatic heterocycles. The third kappa shape index (κ3) is 4.35. The van der Waals surface area contributed by atoms with Crippen LogP contribution in [0.4, 0.5) is 13.6 Å². The van der Waals surface area contributed by atoms with E-state index in [1.54, 1.807) is 12.1 Å². The van der Waals surface area contributed by atoms with Gasteiger partial charge in [-0.3, -0.25) is 0 Å². The highest BCUT2D eigenvalue weighted by Crippen LogP contribution is 2.30. The number of ether oxygens (including phenoxy) is 3. The molecule has 0 aliphatic carbocycles. The molecule has 6 nitrogen and oxygen atoms in total. The van der Waals surface area contributed by atoms with Gasteiger partial charge < -0.3 is 24.4 Å². The molecule has 8 heteroatoms. The van der Waals surface area contributed by atoms with E-state index in [0.717, 1.165) is 32.3 Å². The number of methoxy groups -OCH3 is 1. The Hall–Kier alpha value is -2.09. The van der Waals surface area contributed by atoms with Gasteiger partial charge in [-0.1, -0.05) is 6.07 Å². The number of hydrogen-bond donors (Lipinski definition) is 1. The van der Waals surface area contributed by atoms with E-state index in [9.17, 15) is 13.6 Å². The summed E-state index contributed by atoms with van der Waals surface area (Å²) in [7, 11) is 1.38. The molecule has 0 radical (unpaired) electrons. The largest absolute Gasteiger partial charge is 0.493 e. The lowest BCUT2D eigenvalue weighted by atomic mass is 10.1. The van der Waals surface area contributed by atoms with Crippen LogP contribution in [0.2, 0.25) is 0 Å². The van der Waals surface area contributed by atoms with Crippen LogP contribution < -0.4 is 14.8 Å². The van der Waals surface area contributed by atoms with E-state index in [4.69, 9.17) is 9.47 Å². The first-order valence-corrected chi connectivity index (χ1v) is 8.86. The van der Waals surface area contributed by atoms with Crippen LogP contribution in [0.1, 0.15) is 31.2 Å². The van der Waals surface area contributed by atoms with Crippen molar-refractivity contribution in [2.24, 2.45) is 0 Å². The second kappa shape index (κ2) is 8.53. The third-order valence-electron chi connectivity index (χ3n) is 4.84. The molecule has 1 N–H and O–H groups in total. The molecule has 2 aliphatic rings. The molecule has 0 spiro atoms. The van der Waals surface area contributed by atoms with Gasteiger partial charge in [0.05, 0.1) is 19.3 Å². The quantitative estimate of drug-likeness (QED) is 0.836. The van der Waals surface area contributed by atoms with E-state index in [0.29, 0.717) is 12.1 Å². The highest BCUT2D eigenvalue weighted by molar-refractivity contribution is 5.75. The number of nitrogens with zero attached hydrogens (tertiary/aromatic N) is 1. The predicted octanol–water partition coefficient (Wildman–Crippen LogP) is 3.15. The number of carbonyl (C=O) groups excluding carboxylic acids is 1. The van der Waals surface area contributed by atoms with Crippen LogP contribution >= 0.6 is 0 Å². The van der Waals surface area contributed by atoms with E-state index in [1.807, 2.05) is 4.90 Å². The van der Waals surface area contributed by atoms with E-state index in [1.165, 1.54) is 13.2 Å². The fourth-order valence-electron chi connectivity index (χ4n) is 3.64. The highest BCUT2D eigenvalue weighted by atomic mass is 19.3. The Morgan fingerprint density at radius 3 is 2.88 bits per heavy atom. The van der Waals surface area contributed by atoms with Gasteiger partial charge in [0.2, 0.25) is 0 Å². The van der Waals surface area contributed by atoms with Crippen molar-refractivity contribution in [2.45, 2.75) is 51.0 Å². The van der Waals surface area contributed by atoms with Crippen molar-refractivity contribution >= 4 is 6.03 Å². The molecule has 26 heavy (non-hydrogen) atoms. The first-order valence-electron chi connectivity index (χ1n) is 8.86. The zero-order valence-electron chi connectivity index (χ0n) is 14.7. The second-order valence-electron chi connectivity index (χ2n) is 6.48. The average Bonchev–Trinajstić information content (AvgIpc) is 3.30. The van der Waals surface area contributed by atoms with E-state index >= 15 is 0 Å². The minimum Gasteiger partial charge on any atom is -0.493 e. The van der Waals surface area contributed by atoms with Crippen LogP contribution in [0, 0.1) is 0 Å². The van der Waals surface area contributed by atoms with E-state index in [2.05, 4.69) is 10.1 Å². The van der Waals surface area contributed by atoms with Crippen molar-refractivity contribution in [1.29, 1.82) is 0 Å². The summed E-state index contributed by atoms with van der Waals surface area (Å²) in [4.78, 5) is 14.4. The van der Waals surface area contributed by atoms with Crippen molar-refractivity contribution in [3.8, 4) is 11.5 Å². The lowest BCUT2D eigenvalue weighted by Crippen LogP contribution is -2.47. The summed E-state index contributed by atoms with van der Waals surface area (Å²) in [5, 5.41) is 2.86. The Kier molecular flexibility index (Phi) is 6.13. The molecule has 0 saturated carbocycles. The number of nitrogens with one attached hydrogen (secondary N) is 1. The van der Waals surface area contributed by atoms with Gasteiger partial charge in [0.15, 0.2) is 11.5 Å². The molecule has 2 fully saturated rings.